The smallest absolute Gasteiger partial charge is 0.321 e. The average molecular weight is 237 g/mol. The Hall–Kier alpha value is -1.29. The van der Waals surface area contributed by atoms with Crippen LogP contribution in [0.3, 0.4) is 0 Å². The Balaban J connectivity index is 2.19. The van der Waals surface area contributed by atoms with Crippen LogP contribution in [0.5, 0.6) is 0 Å². The number of aliphatic carboxylic acids is 1. The van der Waals surface area contributed by atoms with Gasteiger partial charge in [-0.2, -0.15) is 0 Å². The van der Waals surface area contributed by atoms with E-state index in [9.17, 15) is 9.90 Å². The number of carboxylic acid groups (broad SMARTS) is 1. The second-order valence-electron chi connectivity index (χ2n) is 4.91. The highest BCUT2D eigenvalue weighted by Crippen LogP contribution is 2.33. The van der Waals surface area contributed by atoms with Crippen LogP contribution < -0.4 is 0 Å². The summed E-state index contributed by atoms with van der Waals surface area (Å²) in [6, 6.07) is 3.48. The Kier molecular flexibility index (Phi) is 3.24. The van der Waals surface area contributed by atoms with Crippen molar-refractivity contribution in [3.8, 4) is 0 Å². The molecule has 0 bridgehead atoms. The molecular formula is C13H19NO3. The molecule has 4 nitrogen and oxygen atoms in total. The quantitative estimate of drug-likeness (QED) is 0.877. The predicted molar refractivity (Wildman–Crippen MR) is 63.8 cm³/mol. The minimum Gasteiger partial charge on any atom is -0.480 e. The number of nitrogens with zero attached hydrogens (tertiary/aromatic N) is 1. The third kappa shape index (κ3) is 2.22. The first-order chi connectivity index (χ1) is 8.00. The van der Waals surface area contributed by atoms with Gasteiger partial charge in [-0.3, -0.25) is 9.69 Å². The van der Waals surface area contributed by atoms with Crippen LogP contribution in [0, 0.1) is 12.8 Å². The van der Waals surface area contributed by atoms with Gasteiger partial charge in [0.1, 0.15) is 17.6 Å². The summed E-state index contributed by atoms with van der Waals surface area (Å²) in [5.74, 6) is 1.19. The molecule has 1 aliphatic heterocycles. The summed E-state index contributed by atoms with van der Waals surface area (Å²) in [6.45, 7) is 6.72. The van der Waals surface area contributed by atoms with Gasteiger partial charge in [0, 0.05) is 6.54 Å². The largest absolute Gasteiger partial charge is 0.480 e. The molecule has 0 amide bonds. The van der Waals surface area contributed by atoms with Gasteiger partial charge in [0.25, 0.3) is 0 Å². The summed E-state index contributed by atoms with van der Waals surface area (Å²) in [5, 5.41) is 9.28. The summed E-state index contributed by atoms with van der Waals surface area (Å²) in [6.07, 6.45) is 0.932. The minimum atomic E-state index is -0.731. The van der Waals surface area contributed by atoms with Crippen LogP contribution in [0.4, 0.5) is 0 Å². The Morgan fingerprint density at radius 3 is 2.82 bits per heavy atom. The minimum absolute atomic E-state index is 0.0229. The molecule has 17 heavy (non-hydrogen) atoms. The van der Waals surface area contributed by atoms with Gasteiger partial charge in [0.15, 0.2) is 0 Å². The Labute approximate surface area is 101 Å². The Morgan fingerprint density at radius 1 is 1.59 bits per heavy atom. The molecule has 0 saturated carbocycles. The summed E-state index contributed by atoms with van der Waals surface area (Å²) in [4.78, 5) is 13.3. The molecule has 0 aliphatic carbocycles. The van der Waals surface area contributed by atoms with Gasteiger partial charge in [-0.05, 0) is 38.3 Å². The van der Waals surface area contributed by atoms with E-state index in [0.29, 0.717) is 0 Å². The maximum Gasteiger partial charge on any atom is 0.321 e. The first-order valence-electron chi connectivity index (χ1n) is 6.05. The van der Waals surface area contributed by atoms with E-state index in [1.165, 1.54) is 0 Å². The first-order valence-corrected chi connectivity index (χ1v) is 6.05. The number of carboxylic acids is 1. The zero-order chi connectivity index (χ0) is 12.6. The van der Waals surface area contributed by atoms with E-state index >= 15 is 0 Å². The molecule has 1 aliphatic rings. The fourth-order valence-electron chi connectivity index (χ4n) is 2.64. The average Bonchev–Trinajstić information content (AvgIpc) is 2.83. The van der Waals surface area contributed by atoms with Crippen molar-refractivity contribution < 1.29 is 14.3 Å². The van der Waals surface area contributed by atoms with E-state index in [1.54, 1.807) is 0 Å². The van der Waals surface area contributed by atoms with Crippen LogP contribution in [0.2, 0.25) is 0 Å². The second kappa shape index (κ2) is 4.53. The standard InChI is InChI=1S/C13H19NO3/c1-8-6-7-14(12(8)13(15)16)10(3)11-5-4-9(2)17-11/h4-5,8,10,12H,6-7H2,1-3H3,(H,15,16). The van der Waals surface area contributed by atoms with Crippen molar-refractivity contribution in [3.05, 3.63) is 23.7 Å². The molecule has 3 atom stereocenters. The molecule has 0 spiro atoms. The number of rotatable bonds is 3. The molecule has 3 unspecified atom stereocenters. The van der Waals surface area contributed by atoms with Crippen LogP contribution in [0.15, 0.2) is 16.5 Å². The van der Waals surface area contributed by atoms with E-state index in [0.717, 1.165) is 24.5 Å². The van der Waals surface area contributed by atoms with E-state index in [2.05, 4.69) is 0 Å². The first kappa shape index (κ1) is 12.2. The maximum absolute atomic E-state index is 11.3. The van der Waals surface area contributed by atoms with Crippen molar-refractivity contribution in [1.82, 2.24) is 4.90 Å². The number of aryl methyl sites for hydroxylation is 1. The molecule has 0 aromatic carbocycles. The third-order valence-electron chi connectivity index (χ3n) is 3.66. The monoisotopic (exact) mass is 237 g/mol. The lowest BCUT2D eigenvalue weighted by Crippen LogP contribution is -2.40. The normalized spacial score (nSPS) is 27.2. The zero-order valence-electron chi connectivity index (χ0n) is 10.5. The highest BCUT2D eigenvalue weighted by atomic mass is 16.4. The molecule has 94 valence electrons. The van der Waals surface area contributed by atoms with Crippen LogP contribution in [-0.4, -0.2) is 28.6 Å². The van der Waals surface area contributed by atoms with Crippen molar-refractivity contribution in [1.29, 1.82) is 0 Å². The molecule has 1 fully saturated rings. The van der Waals surface area contributed by atoms with Crippen molar-refractivity contribution in [2.75, 3.05) is 6.54 Å². The lowest BCUT2D eigenvalue weighted by Gasteiger charge is -2.28. The zero-order valence-corrected chi connectivity index (χ0v) is 10.5. The molecule has 0 radical (unpaired) electrons. The lowest BCUT2D eigenvalue weighted by atomic mass is 10.0. The van der Waals surface area contributed by atoms with Crippen molar-refractivity contribution >= 4 is 5.97 Å². The van der Waals surface area contributed by atoms with Gasteiger partial charge < -0.3 is 9.52 Å². The van der Waals surface area contributed by atoms with Crippen molar-refractivity contribution in [3.63, 3.8) is 0 Å². The highest BCUT2D eigenvalue weighted by Gasteiger charge is 2.40. The van der Waals surface area contributed by atoms with Crippen molar-refractivity contribution in [2.24, 2.45) is 5.92 Å². The molecule has 1 aromatic heterocycles. The van der Waals surface area contributed by atoms with E-state index in [1.807, 2.05) is 37.8 Å². The molecular weight excluding hydrogens is 218 g/mol. The van der Waals surface area contributed by atoms with E-state index in [4.69, 9.17) is 4.42 Å². The van der Waals surface area contributed by atoms with Crippen LogP contribution in [-0.2, 0) is 4.79 Å². The summed E-state index contributed by atoms with van der Waals surface area (Å²) in [5.41, 5.74) is 0. The number of furan rings is 1. The van der Waals surface area contributed by atoms with E-state index in [-0.39, 0.29) is 12.0 Å². The van der Waals surface area contributed by atoms with Gasteiger partial charge >= 0.3 is 5.97 Å². The molecule has 4 heteroatoms. The molecule has 1 aromatic rings. The van der Waals surface area contributed by atoms with Gasteiger partial charge in [-0.15, -0.1) is 0 Å². The molecule has 2 heterocycles. The molecule has 2 rings (SSSR count). The van der Waals surface area contributed by atoms with Crippen molar-refractivity contribution in [2.45, 2.75) is 39.3 Å². The van der Waals surface area contributed by atoms with Gasteiger partial charge in [-0.25, -0.2) is 0 Å². The van der Waals surface area contributed by atoms with Crippen LogP contribution >= 0.6 is 0 Å². The Bertz CT molecular complexity index is 413. The predicted octanol–water partition coefficient (Wildman–Crippen LogP) is 2.44. The lowest BCUT2D eigenvalue weighted by molar-refractivity contribution is -0.144. The second-order valence-corrected chi connectivity index (χ2v) is 4.91. The summed E-state index contributed by atoms with van der Waals surface area (Å²) < 4.78 is 5.59. The molecule has 1 saturated heterocycles. The fourth-order valence-corrected chi connectivity index (χ4v) is 2.64. The van der Waals surface area contributed by atoms with Gasteiger partial charge in [-0.1, -0.05) is 6.92 Å². The van der Waals surface area contributed by atoms with E-state index < -0.39 is 12.0 Å². The van der Waals surface area contributed by atoms with Crippen LogP contribution in [0.25, 0.3) is 0 Å². The number of carbonyl (C=O) groups is 1. The summed E-state index contributed by atoms with van der Waals surface area (Å²) >= 11 is 0. The topological polar surface area (TPSA) is 53.7 Å². The number of hydrogen-bond acceptors (Lipinski definition) is 3. The summed E-state index contributed by atoms with van der Waals surface area (Å²) in [7, 11) is 0. The maximum atomic E-state index is 11.3. The van der Waals surface area contributed by atoms with Gasteiger partial charge in [0.2, 0.25) is 0 Å². The number of hydrogen-bond donors (Lipinski definition) is 1. The van der Waals surface area contributed by atoms with Gasteiger partial charge in [0.05, 0.1) is 6.04 Å². The molecule has 1 N–H and O–H groups in total. The SMILES string of the molecule is Cc1ccc(C(C)N2CCC(C)C2C(=O)O)o1. The van der Waals surface area contributed by atoms with Crippen LogP contribution in [0.1, 0.15) is 37.8 Å². The third-order valence-corrected chi connectivity index (χ3v) is 3.66. The fraction of sp³-hybridized carbons (Fsp3) is 0.615. The highest BCUT2D eigenvalue weighted by molar-refractivity contribution is 5.74. The number of likely N-dealkylation sites (tertiary alicyclic amines) is 1. The Morgan fingerprint density at radius 2 is 2.29 bits per heavy atom.